The number of anilines is 1. The highest BCUT2D eigenvalue weighted by Crippen LogP contribution is 2.32. The molecule has 0 radical (unpaired) electrons. The molecule has 2 aromatic heterocycles. The summed E-state index contributed by atoms with van der Waals surface area (Å²) in [4.78, 5) is 20.0. The molecule has 4 heterocycles. The van der Waals surface area contributed by atoms with Crippen LogP contribution in [0.25, 0.3) is 10.6 Å². The summed E-state index contributed by atoms with van der Waals surface area (Å²) in [6.45, 7) is 7.07. The number of halogens is 1. The van der Waals surface area contributed by atoms with Crippen molar-refractivity contribution in [3.8, 4) is 10.6 Å². The predicted molar refractivity (Wildman–Crippen MR) is 118 cm³/mol. The number of thiazole rings is 1. The van der Waals surface area contributed by atoms with E-state index in [4.69, 9.17) is 4.98 Å². The summed E-state index contributed by atoms with van der Waals surface area (Å²) < 4.78 is 13.6. The van der Waals surface area contributed by atoms with E-state index in [0.717, 1.165) is 66.9 Å². The average Bonchev–Trinajstić information content (AvgIpc) is 3.18. The van der Waals surface area contributed by atoms with Crippen molar-refractivity contribution in [2.75, 3.05) is 24.5 Å². The lowest BCUT2D eigenvalue weighted by Gasteiger charge is -2.31. The van der Waals surface area contributed by atoms with Gasteiger partial charge in [0.1, 0.15) is 10.8 Å². The van der Waals surface area contributed by atoms with Crippen molar-refractivity contribution < 1.29 is 4.39 Å². The van der Waals surface area contributed by atoms with Gasteiger partial charge in [0.05, 0.1) is 5.69 Å². The number of hydrogen-bond donors (Lipinski definition) is 0. The summed E-state index contributed by atoms with van der Waals surface area (Å²) in [5, 5.41) is 0.907. The van der Waals surface area contributed by atoms with Gasteiger partial charge in [0.2, 0.25) is 5.95 Å². The molecule has 0 saturated carbocycles. The van der Waals surface area contributed by atoms with Gasteiger partial charge in [0.15, 0.2) is 0 Å². The number of fused-ring (bicyclic) bond motifs is 1. The van der Waals surface area contributed by atoms with Crippen molar-refractivity contribution in [3.05, 3.63) is 58.6 Å². The van der Waals surface area contributed by atoms with E-state index >= 15 is 0 Å². The van der Waals surface area contributed by atoms with Crippen molar-refractivity contribution in [1.82, 2.24) is 19.9 Å². The molecule has 0 amide bonds. The maximum absolute atomic E-state index is 13.6. The Morgan fingerprint density at radius 2 is 2.07 bits per heavy atom. The lowest BCUT2D eigenvalue weighted by Crippen LogP contribution is -2.35. The van der Waals surface area contributed by atoms with Crippen LogP contribution in [-0.2, 0) is 19.5 Å². The Bertz CT molecular complexity index is 1020. The van der Waals surface area contributed by atoms with E-state index in [0.29, 0.717) is 5.92 Å². The standard InChI is InChI=1S/C23H26FN5S/c1-16-4-3-8-29(13-16)23-25-11-17(12-26-23)14-28-9-7-20-21(15-28)30-22(27-20)18-5-2-6-19(24)10-18/h2,5-6,10-12,16H,3-4,7-9,13-15H2,1H3/t16-/m0/s1. The summed E-state index contributed by atoms with van der Waals surface area (Å²) in [5.41, 5.74) is 3.15. The van der Waals surface area contributed by atoms with Gasteiger partial charge in [-0.05, 0) is 30.9 Å². The molecule has 30 heavy (non-hydrogen) atoms. The Kier molecular flexibility index (Phi) is 5.48. The van der Waals surface area contributed by atoms with Crippen LogP contribution in [0.1, 0.15) is 35.9 Å². The molecule has 3 aromatic rings. The fourth-order valence-electron chi connectivity index (χ4n) is 4.35. The fourth-order valence-corrected chi connectivity index (χ4v) is 5.50. The minimum Gasteiger partial charge on any atom is -0.341 e. The van der Waals surface area contributed by atoms with Crippen LogP contribution in [0.15, 0.2) is 36.7 Å². The minimum atomic E-state index is -0.218. The number of rotatable bonds is 4. The molecule has 1 atom stereocenters. The van der Waals surface area contributed by atoms with Gasteiger partial charge < -0.3 is 4.90 Å². The second-order valence-electron chi connectivity index (χ2n) is 8.44. The first-order valence-electron chi connectivity index (χ1n) is 10.7. The van der Waals surface area contributed by atoms with Gasteiger partial charge in [-0.2, -0.15) is 0 Å². The van der Waals surface area contributed by atoms with Crippen LogP contribution in [0.4, 0.5) is 10.3 Å². The predicted octanol–water partition coefficient (Wildman–Crippen LogP) is 4.53. The van der Waals surface area contributed by atoms with Gasteiger partial charge in [-0.15, -0.1) is 11.3 Å². The smallest absolute Gasteiger partial charge is 0.225 e. The van der Waals surface area contributed by atoms with Gasteiger partial charge in [-0.25, -0.2) is 19.3 Å². The minimum absolute atomic E-state index is 0.218. The summed E-state index contributed by atoms with van der Waals surface area (Å²) in [6, 6.07) is 6.70. The third-order valence-electron chi connectivity index (χ3n) is 5.92. The molecule has 5 nitrogen and oxygen atoms in total. The molecular formula is C23H26FN5S. The third-order valence-corrected chi connectivity index (χ3v) is 7.05. The number of benzene rings is 1. The molecule has 0 aliphatic carbocycles. The second kappa shape index (κ2) is 8.40. The fraction of sp³-hybridized carbons (Fsp3) is 0.435. The molecule has 5 rings (SSSR count). The number of nitrogens with zero attached hydrogens (tertiary/aromatic N) is 5. The van der Waals surface area contributed by atoms with Crippen LogP contribution in [0, 0.1) is 11.7 Å². The zero-order valence-corrected chi connectivity index (χ0v) is 18.0. The molecule has 0 bridgehead atoms. The van der Waals surface area contributed by atoms with Crippen molar-refractivity contribution in [1.29, 1.82) is 0 Å². The normalized spacial score (nSPS) is 19.7. The van der Waals surface area contributed by atoms with Crippen molar-refractivity contribution in [2.45, 2.75) is 39.3 Å². The second-order valence-corrected chi connectivity index (χ2v) is 9.53. The molecule has 2 aliphatic rings. The van der Waals surface area contributed by atoms with Crippen molar-refractivity contribution in [2.24, 2.45) is 5.92 Å². The Hall–Kier alpha value is -2.38. The van der Waals surface area contributed by atoms with Gasteiger partial charge in [0, 0.05) is 67.5 Å². The monoisotopic (exact) mass is 423 g/mol. The lowest BCUT2D eigenvalue weighted by molar-refractivity contribution is 0.246. The molecule has 0 spiro atoms. The summed E-state index contributed by atoms with van der Waals surface area (Å²) in [6.07, 6.45) is 7.38. The van der Waals surface area contributed by atoms with Gasteiger partial charge in [0.25, 0.3) is 0 Å². The zero-order valence-electron chi connectivity index (χ0n) is 17.2. The van der Waals surface area contributed by atoms with E-state index in [2.05, 4.69) is 26.7 Å². The van der Waals surface area contributed by atoms with Crippen LogP contribution in [0.5, 0.6) is 0 Å². The largest absolute Gasteiger partial charge is 0.341 e. The van der Waals surface area contributed by atoms with Crippen molar-refractivity contribution >= 4 is 17.3 Å². The quantitative estimate of drug-likeness (QED) is 0.617. The average molecular weight is 424 g/mol. The zero-order chi connectivity index (χ0) is 20.5. The molecule has 156 valence electrons. The summed E-state index contributed by atoms with van der Waals surface area (Å²) in [5.74, 6) is 1.35. The van der Waals surface area contributed by atoms with E-state index in [1.54, 1.807) is 23.5 Å². The number of aromatic nitrogens is 3. The summed E-state index contributed by atoms with van der Waals surface area (Å²) >= 11 is 1.68. The first kappa shape index (κ1) is 19.6. The molecular weight excluding hydrogens is 397 g/mol. The maximum atomic E-state index is 13.6. The van der Waals surface area contributed by atoms with Crippen molar-refractivity contribution in [3.63, 3.8) is 0 Å². The molecule has 0 unspecified atom stereocenters. The lowest BCUT2D eigenvalue weighted by atomic mass is 10.0. The van der Waals surface area contributed by atoms with E-state index in [1.165, 1.54) is 23.8 Å². The third kappa shape index (κ3) is 4.23. The highest BCUT2D eigenvalue weighted by molar-refractivity contribution is 7.15. The Morgan fingerprint density at radius 3 is 2.87 bits per heavy atom. The first-order chi connectivity index (χ1) is 14.6. The van der Waals surface area contributed by atoms with Gasteiger partial charge in [-0.1, -0.05) is 19.1 Å². The molecule has 2 aliphatic heterocycles. The van der Waals surface area contributed by atoms with E-state index in [9.17, 15) is 4.39 Å². The summed E-state index contributed by atoms with van der Waals surface area (Å²) in [7, 11) is 0. The maximum Gasteiger partial charge on any atom is 0.225 e. The molecule has 0 N–H and O–H groups in total. The van der Waals surface area contributed by atoms with E-state index in [-0.39, 0.29) is 5.82 Å². The van der Waals surface area contributed by atoms with Crippen LogP contribution < -0.4 is 4.90 Å². The van der Waals surface area contributed by atoms with Crippen LogP contribution in [-0.4, -0.2) is 39.5 Å². The Morgan fingerprint density at radius 1 is 1.20 bits per heavy atom. The molecule has 1 fully saturated rings. The number of piperidine rings is 1. The van der Waals surface area contributed by atoms with Gasteiger partial charge >= 0.3 is 0 Å². The molecule has 7 heteroatoms. The Labute approximate surface area is 180 Å². The highest BCUT2D eigenvalue weighted by Gasteiger charge is 2.22. The highest BCUT2D eigenvalue weighted by atomic mass is 32.1. The van der Waals surface area contributed by atoms with Crippen LogP contribution in [0.2, 0.25) is 0 Å². The van der Waals surface area contributed by atoms with Crippen LogP contribution >= 0.6 is 11.3 Å². The topological polar surface area (TPSA) is 45.2 Å². The molecule has 1 aromatic carbocycles. The van der Waals surface area contributed by atoms with Crippen LogP contribution in [0.3, 0.4) is 0 Å². The SMILES string of the molecule is C[C@H]1CCCN(c2ncc(CN3CCc4nc(-c5cccc(F)c5)sc4C3)cn2)C1. The Balaban J connectivity index is 1.24. The number of hydrogen-bond acceptors (Lipinski definition) is 6. The van der Waals surface area contributed by atoms with Gasteiger partial charge in [-0.3, -0.25) is 4.90 Å². The first-order valence-corrected chi connectivity index (χ1v) is 11.5. The van der Waals surface area contributed by atoms with E-state index < -0.39 is 0 Å². The van der Waals surface area contributed by atoms with E-state index in [1.807, 2.05) is 18.5 Å². The molecule has 1 saturated heterocycles.